The van der Waals surface area contributed by atoms with Crippen LogP contribution in [-0.4, -0.2) is 36.5 Å². The van der Waals surface area contributed by atoms with Crippen LogP contribution in [0.5, 0.6) is 0 Å². The zero-order chi connectivity index (χ0) is 16.3. The zero-order valence-corrected chi connectivity index (χ0v) is 13.4. The van der Waals surface area contributed by atoms with E-state index in [4.69, 9.17) is 0 Å². The molecule has 10 heteroatoms. The third-order valence-corrected chi connectivity index (χ3v) is 4.32. The van der Waals surface area contributed by atoms with Gasteiger partial charge in [-0.25, -0.2) is 17.8 Å². The van der Waals surface area contributed by atoms with Gasteiger partial charge in [0.05, 0.1) is 11.9 Å². The summed E-state index contributed by atoms with van der Waals surface area (Å²) in [5.74, 6) is -1.10. The van der Waals surface area contributed by atoms with Gasteiger partial charge in [0.2, 0.25) is 21.9 Å². The molecular weight excluding hydrogens is 331 g/mol. The van der Waals surface area contributed by atoms with Crippen molar-refractivity contribution in [1.29, 1.82) is 0 Å². The summed E-state index contributed by atoms with van der Waals surface area (Å²) < 4.78 is 41.6. The molecule has 1 amide bonds. The molecule has 0 spiro atoms. The second kappa shape index (κ2) is 6.36. The maximum Gasteiger partial charge on any atom is 0.247 e. The topological polar surface area (TPSA) is 92.3 Å². The fraction of sp³-hybridized carbons (Fsp3) is 0.250. The van der Waals surface area contributed by atoms with E-state index >= 15 is 0 Å². The van der Waals surface area contributed by atoms with Gasteiger partial charge in [-0.2, -0.15) is 4.37 Å². The van der Waals surface area contributed by atoms with E-state index in [9.17, 15) is 17.6 Å². The summed E-state index contributed by atoms with van der Waals surface area (Å²) in [7, 11) is -3.75. The number of aryl methyl sites for hydroxylation is 1. The summed E-state index contributed by atoms with van der Waals surface area (Å²) in [4.78, 5) is 15.9. The first-order chi connectivity index (χ1) is 10.3. The van der Waals surface area contributed by atoms with E-state index < -0.39 is 28.3 Å². The van der Waals surface area contributed by atoms with Crippen molar-refractivity contribution in [3.8, 4) is 0 Å². The van der Waals surface area contributed by atoms with Crippen LogP contribution in [0.2, 0.25) is 0 Å². The molecular formula is C12H13FN4O3S2. The number of nitrogens with zero attached hydrogens (tertiary/aromatic N) is 3. The highest BCUT2D eigenvalue weighted by Crippen LogP contribution is 2.18. The molecule has 0 radical (unpaired) electrons. The second-order valence-electron chi connectivity index (χ2n) is 4.43. The van der Waals surface area contributed by atoms with Crippen molar-refractivity contribution in [1.82, 2.24) is 9.36 Å². The monoisotopic (exact) mass is 344 g/mol. The lowest BCUT2D eigenvalue weighted by Crippen LogP contribution is -2.37. The Bertz CT molecular complexity index is 791. The smallest absolute Gasteiger partial charge is 0.247 e. The third kappa shape index (κ3) is 4.21. The van der Waals surface area contributed by atoms with Crippen LogP contribution < -0.4 is 9.62 Å². The molecule has 0 unspecified atom stereocenters. The molecule has 2 rings (SSSR count). The molecule has 0 aliphatic heterocycles. The predicted molar refractivity (Wildman–Crippen MR) is 81.9 cm³/mol. The summed E-state index contributed by atoms with van der Waals surface area (Å²) in [5, 5.41) is 3.07. The highest BCUT2D eigenvalue weighted by Gasteiger charge is 2.21. The van der Waals surface area contributed by atoms with Gasteiger partial charge in [0.25, 0.3) is 0 Å². The van der Waals surface area contributed by atoms with Gasteiger partial charge in [-0.1, -0.05) is 6.07 Å². The molecule has 0 atom stereocenters. The van der Waals surface area contributed by atoms with Crippen LogP contribution in [0.15, 0.2) is 24.3 Å². The summed E-state index contributed by atoms with van der Waals surface area (Å²) >= 11 is 1.11. The SMILES string of the molecule is Cc1nc(NC(=O)CN(c2cccc(F)c2)S(C)(=O)=O)ns1. The summed E-state index contributed by atoms with van der Waals surface area (Å²) in [6, 6.07) is 5.00. The number of amides is 1. The first kappa shape index (κ1) is 16.3. The molecule has 2 aromatic rings. The van der Waals surface area contributed by atoms with E-state index in [1.54, 1.807) is 6.92 Å². The van der Waals surface area contributed by atoms with Gasteiger partial charge < -0.3 is 0 Å². The lowest BCUT2D eigenvalue weighted by atomic mass is 10.3. The maximum absolute atomic E-state index is 13.3. The van der Waals surface area contributed by atoms with Gasteiger partial charge in [-0.3, -0.25) is 14.4 Å². The van der Waals surface area contributed by atoms with Crippen LogP contribution in [0.25, 0.3) is 0 Å². The Morgan fingerprint density at radius 2 is 2.18 bits per heavy atom. The second-order valence-corrected chi connectivity index (χ2v) is 7.30. The van der Waals surface area contributed by atoms with Gasteiger partial charge in [-0.15, -0.1) is 0 Å². The first-order valence-corrected chi connectivity index (χ1v) is 8.71. The minimum atomic E-state index is -3.75. The average molecular weight is 344 g/mol. The van der Waals surface area contributed by atoms with Crippen LogP contribution >= 0.6 is 11.5 Å². The van der Waals surface area contributed by atoms with Crippen LogP contribution in [0.1, 0.15) is 5.01 Å². The number of carbonyl (C=O) groups excluding carboxylic acids is 1. The van der Waals surface area contributed by atoms with Gasteiger partial charge in [0, 0.05) is 0 Å². The quantitative estimate of drug-likeness (QED) is 0.885. The number of benzene rings is 1. The van der Waals surface area contributed by atoms with Crippen LogP contribution in [-0.2, 0) is 14.8 Å². The maximum atomic E-state index is 13.3. The van der Waals surface area contributed by atoms with Crippen molar-refractivity contribution >= 4 is 39.1 Å². The first-order valence-electron chi connectivity index (χ1n) is 6.09. The highest BCUT2D eigenvalue weighted by atomic mass is 32.2. The Balaban J connectivity index is 2.19. The van der Waals surface area contributed by atoms with E-state index in [0.717, 1.165) is 28.2 Å². The number of hydrogen-bond donors (Lipinski definition) is 1. The molecule has 0 bridgehead atoms. The molecule has 118 valence electrons. The normalized spacial score (nSPS) is 11.2. The molecule has 1 aromatic carbocycles. The van der Waals surface area contributed by atoms with Crippen molar-refractivity contribution < 1.29 is 17.6 Å². The summed E-state index contributed by atoms with van der Waals surface area (Å²) in [5.41, 5.74) is 0.0695. The molecule has 0 fully saturated rings. The van der Waals surface area contributed by atoms with Crippen molar-refractivity contribution in [3.63, 3.8) is 0 Å². The number of hydrogen-bond acceptors (Lipinski definition) is 6. The van der Waals surface area contributed by atoms with Crippen molar-refractivity contribution in [3.05, 3.63) is 35.1 Å². The number of anilines is 2. The number of sulfonamides is 1. The van der Waals surface area contributed by atoms with E-state index in [0.29, 0.717) is 5.01 Å². The lowest BCUT2D eigenvalue weighted by molar-refractivity contribution is -0.114. The number of rotatable bonds is 5. The third-order valence-electron chi connectivity index (χ3n) is 2.56. The molecule has 22 heavy (non-hydrogen) atoms. The Labute approximate surface area is 131 Å². The van der Waals surface area contributed by atoms with Crippen molar-refractivity contribution in [2.45, 2.75) is 6.92 Å². The number of carbonyl (C=O) groups is 1. The van der Waals surface area contributed by atoms with E-state index in [1.165, 1.54) is 18.2 Å². The van der Waals surface area contributed by atoms with Gasteiger partial charge in [-0.05, 0) is 36.7 Å². The largest absolute Gasteiger partial charge is 0.292 e. The molecule has 1 N–H and O–H groups in total. The van der Waals surface area contributed by atoms with Gasteiger partial charge >= 0.3 is 0 Å². The Morgan fingerprint density at radius 3 is 2.73 bits per heavy atom. The standard InChI is InChI=1S/C12H13FN4O3S2/c1-8-14-12(16-21-8)15-11(18)7-17(22(2,19)20)10-5-3-4-9(13)6-10/h3-6H,7H2,1-2H3,(H,15,16,18). The van der Waals surface area contributed by atoms with Crippen molar-refractivity contribution in [2.24, 2.45) is 0 Å². The fourth-order valence-corrected chi connectivity index (χ4v) is 2.96. The van der Waals surface area contributed by atoms with Crippen LogP contribution in [0, 0.1) is 12.7 Å². The fourth-order valence-electron chi connectivity index (χ4n) is 1.68. The number of nitrogens with one attached hydrogen (secondary N) is 1. The number of aromatic nitrogens is 2. The molecule has 7 nitrogen and oxygen atoms in total. The molecule has 1 heterocycles. The van der Waals surface area contributed by atoms with Gasteiger partial charge in [0.1, 0.15) is 17.4 Å². The number of halogens is 1. The highest BCUT2D eigenvalue weighted by molar-refractivity contribution is 7.92. The molecule has 0 aliphatic rings. The summed E-state index contributed by atoms with van der Waals surface area (Å²) in [6.45, 7) is 1.23. The van der Waals surface area contributed by atoms with Gasteiger partial charge in [0.15, 0.2) is 0 Å². The molecule has 1 aromatic heterocycles. The molecule has 0 saturated carbocycles. The predicted octanol–water partition coefficient (Wildman–Crippen LogP) is 1.39. The molecule has 0 aliphatic carbocycles. The zero-order valence-electron chi connectivity index (χ0n) is 11.8. The average Bonchev–Trinajstić information content (AvgIpc) is 2.80. The van der Waals surface area contributed by atoms with Crippen molar-refractivity contribution in [2.75, 3.05) is 22.4 Å². The lowest BCUT2D eigenvalue weighted by Gasteiger charge is -2.21. The summed E-state index contributed by atoms with van der Waals surface area (Å²) in [6.07, 6.45) is 0.941. The van der Waals surface area contributed by atoms with E-state index in [2.05, 4.69) is 14.7 Å². The Morgan fingerprint density at radius 1 is 1.45 bits per heavy atom. The van der Waals surface area contributed by atoms with Crippen LogP contribution in [0.4, 0.5) is 16.0 Å². The van der Waals surface area contributed by atoms with E-state index in [-0.39, 0.29) is 11.6 Å². The van der Waals surface area contributed by atoms with Crippen LogP contribution in [0.3, 0.4) is 0 Å². The Hall–Kier alpha value is -2.07. The molecule has 0 saturated heterocycles. The minimum absolute atomic E-state index is 0.0695. The Kier molecular flexibility index (Phi) is 4.71. The minimum Gasteiger partial charge on any atom is -0.292 e. The van der Waals surface area contributed by atoms with E-state index in [1.807, 2.05) is 0 Å².